The number of benzene rings is 3. The fourth-order valence-electron chi connectivity index (χ4n) is 7.34. The van der Waals surface area contributed by atoms with Crippen molar-refractivity contribution in [1.29, 1.82) is 0 Å². The number of rotatable bonds is 11. The average molecular weight is 701 g/mol. The standard InChI is InChI=1S/C40H44N8O4/c1-46(2)23-20-35(49)47-21-6-10-33(47)37-41-24-31(43-37)28-16-12-26(13-17-28)27-14-18-29(19-15-27)32-25-42-38(44-32)34-11-7-22-48(34)39(50)36(45-40(51)52)30-8-4-3-5-9-30/h3-5,8-9,12-19,24-25,33-34,36,45H,6-7,10-11,20-23H2,1-2H3,(H,41,43)(H,42,44)(H,51,52)/t33-,34-,36+/m0/s1. The third kappa shape index (κ3) is 7.47. The van der Waals surface area contributed by atoms with Gasteiger partial charge in [0.1, 0.15) is 17.7 Å². The van der Waals surface area contributed by atoms with Crippen molar-refractivity contribution < 1.29 is 19.5 Å². The van der Waals surface area contributed by atoms with Gasteiger partial charge in [0.25, 0.3) is 5.91 Å². The van der Waals surface area contributed by atoms with Crippen molar-refractivity contribution in [2.75, 3.05) is 33.7 Å². The van der Waals surface area contributed by atoms with Gasteiger partial charge in [-0.15, -0.1) is 0 Å². The predicted molar refractivity (Wildman–Crippen MR) is 198 cm³/mol. The van der Waals surface area contributed by atoms with Crippen LogP contribution in [0.1, 0.15) is 67.4 Å². The number of amides is 3. The zero-order valence-electron chi connectivity index (χ0n) is 29.5. The molecule has 4 heterocycles. The molecular formula is C40H44N8O4. The molecule has 0 aliphatic carbocycles. The maximum Gasteiger partial charge on any atom is 0.405 e. The molecule has 52 heavy (non-hydrogen) atoms. The molecule has 0 unspecified atom stereocenters. The Labute approximate surface area is 302 Å². The van der Waals surface area contributed by atoms with Crippen LogP contribution in [0.2, 0.25) is 0 Å². The van der Waals surface area contributed by atoms with Crippen LogP contribution in [0.25, 0.3) is 33.6 Å². The number of H-pyrrole nitrogens is 2. The Bertz CT molecular complexity index is 2000. The number of carbonyl (C=O) groups excluding carboxylic acids is 2. The van der Waals surface area contributed by atoms with Crippen molar-refractivity contribution in [3.8, 4) is 33.6 Å². The first-order valence-corrected chi connectivity index (χ1v) is 17.9. The van der Waals surface area contributed by atoms with E-state index in [4.69, 9.17) is 0 Å². The van der Waals surface area contributed by atoms with E-state index in [1.54, 1.807) is 35.4 Å². The molecule has 0 spiro atoms. The molecule has 2 aromatic heterocycles. The molecule has 3 atom stereocenters. The SMILES string of the molecule is CN(C)CCC(=O)N1CCC[C@H]1c1ncc(-c2ccc(-c3ccc(-c4cnc([C@@H]5CCCN5C(=O)[C@H](NC(=O)O)c5ccccc5)[nH]4)cc3)cc2)[nH]1. The molecule has 5 aromatic rings. The minimum atomic E-state index is -1.25. The molecule has 7 rings (SSSR count). The first kappa shape index (κ1) is 34.7. The molecule has 0 bridgehead atoms. The number of nitrogens with one attached hydrogen (secondary N) is 3. The highest BCUT2D eigenvalue weighted by Crippen LogP contribution is 2.35. The summed E-state index contributed by atoms with van der Waals surface area (Å²) in [5.41, 5.74) is 6.52. The molecule has 2 aliphatic rings. The lowest BCUT2D eigenvalue weighted by Gasteiger charge is -2.28. The lowest BCUT2D eigenvalue weighted by atomic mass is 10.0. The summed E-state index contributed by atoms with van der Waals surface area (Å²) in [6.07, 6.45) is 6.33. The Balaban J connectivity index is 1.01. The fraction of sp³-hybridized carbons (Fsp3) is 0.325. The third-order valence-corrected chi connectivity index (χ3v) is 10.1. The monoisotopic (exact) mass is 700 g/mol. The minimum Gasteiger partial charge on any atom is -0.465 e. The summed E-state index contributed by atoms with van der Waals surface area (Å²) in [5, 5.41) is 11.9. The zero-order valence-corrected chi connectivity index (χ0v) is 29.5. The first-order valence-electron chi connectivity index (χ1n) is 17.9. The number of hydrogen-bond acceptors (Lipinski definition) is 6. The summed E-state index contributed by atoms with van der Waals surface area (Å²) in [4.78, 5) is 60.1. The van der Waals surface area contributed by atoms with E-state index in [-0.39, 0.29) is 23.9 Å². The number of nitrogens with zero attached hydrogens (tertiary/aromatic N) is 5. The van der Waals surface area contributed by atoms with Gasteiger partial charge in [-0.1, -0.05) is 78.9 Å². The second kappa shape index (κ2) is 15.2. The maximum absolute atomic E-state index is 13.7. The highest BCUT2D eigenvalue weighted by molar-refractivity contribution is 5.87. The number of aromatic nitrogens is 4. The van der Waals surface area contributed by atoms with Gasteiger partial charge in [-0.25, -0.2) is 14.8 Å². The van der Waals surface area contributed by atoms with Gasteiger partial charge in [-0.05, 0) is 67.6 Å². The van der Waals surface area contributed by atoms with E-state index in [9.17, 15) is 19.5 Å². The van der Waals surface area contributed by atoms with Crippen molar-refractivity contribution in [1.82, 2.24) is 40.0 Å². The quantitative estimate of drug-likeness (QED) is 0.124. The molecule has 2 aliphatic heterocycles. The van der Waals surface area contributed by atoms with E-state index in [1.165, 1.54) is 0 Å². The zero-order chi connectivity index (χ0) is 36.2. The van der Waals surface area contributed by atoms with E-state index in [2.05, 4.69) is 73.8 Å². The van der Waals surface area contributed by atoms with Gasteiger partial charge in [0.2, 0.25) is 5.91 Å². The smallest absolute Gasteiger partial charge is 0.405 e. The van der Waals surface area contributed by atoms with Gasteiger partial charge in [-0.2, -0.15) is 0 Å². The molecule has 12 heteroatoms. The summed E-state index contributed by atoms with van der Waals surface area (Å²) in [7, 11) is 3.96. The van der Waals surface area contributed by atoms with E-state index >= 15 is 0 Å². The molecule has 0 radical (unpaired) electrons. The van der Waals surface area contributed by atoms with Crippen LogP contribution in [0.4, 0.5) is 4.79 Å². The number of imidazole rings is 2. The van der Waals surface area contributed by atoms with Crippen LogP contribution in [0, 0.1) is 0 Å². The lowest BCUT2D eigenvalue weighted by Crippen LogP contribution is -2.42. The van der Waals surface area contributed by atoms with Gasteiger partial charge in [0, 0.05) is 26.1 Å². The van der Waals surface area contributed by atoms with Crippen LogP contribution < -0.4 is 5.32 Å². The molecule has 4 N–H and O–H groups in total. The largest absolute Gasteiger partial charge is 0.465 e. The number of likely N-dealkylation sites (tertiary alicyclic amines) is 2. The second-order valence-corrected chi connectivity index (χ2v) is 13.8. The summed E-state index contributed by atoms with van der Waals surface area (Å²) in [6, 6.07) is 24.3. The Morgan fingerprint density at radius 2 is 1.27 bits per heavy atom. The summed E-state index contributed by atoms with van der Waals surface area (Å²) in [6.45, 7) is 2.03. The van der Waals surface area contributed by atoms with Crippen molar-refractivity contribution in [2.24, 2.45) is 0 Å². The van der Waals surface area contributed by atoms with Gasteiger partial charge < -0.3 is 35.1 Å². The number of carboxylic acid groups (broad SMARTS) is 1. The van der Waals surface area contributed by atoms with Crippen LogP contribution in [0.5, 0.6) is 0 Å². The molecule has 268 valence electrons. The van der Waals surface area contributed by atoms with E-state index in [0.717, 1.165) is 78.2 Å². The Morgan fingerprint density at radius 1 is 0.769 bits per heavy atom. The molecule has 3 amide bonds. The normalized spacial score (nSPS) is 17.8. The van der Waals surface area contributed by atoms with Crippen LogP contribution >= 0.6 is 0 Å². The Morgan fingerprint density at radius 3 is 1.79 bits per heavy atom. The highest BCUT2D eigenvalue weighted by atomic mass is 16.4. The first-order chi connectivity index (χ1) is 25.2. The minimum absolute atomic E-state index is 0.0140. The number of hydrogen-bond donors (Lipinski definition) is 4. The molecule has 3 aromatic carbocycles. The topological polar surface area (TPSA) is 151 Å². The van der Waals surface area contributed by atoms with Crippen LogP contribution in [-0.4, -0.2) is 91.4 Å². The van der Waals surface area contributed by atoms with Crippen LogP contribution in [0.15, 0.2) is 91.3 Å². The van der Waals surface area contributed by atoms with Gasteiger partial charge in [-0.3, -0.25) is 9.59 Å². The summed E-state index contributed by atoms with van der Waals surface area (Å²) in [5.74, 6) is 1.40. The molecule has 2 saturated heterocycles. The van der Waals surface area contributed by atoms with Crippen molar-refractivity contribution in [3.05, 3.63) is 108 Å². The van der Waals surface area contributed by atoms with E-state index < -0.39 is 12.1 Å². The summed E-state index contributed by atoms with van der Waals surface area (Å²) >= 11 is 0. The molecule has 0 saturated carbocycles. The van der Waals surface area contributed by atoms with Crippen molar-refractivity contribution >= 4 is 17.9 Å². The summed E-state index contributed by atoms with van der Waals surface area (Å²) < 4.78 is 0. The van der Waals surface area contributed by atoms with Gasteiger partial charge in [0.15, 0.2) is 0 Å². The van der Waals surface area contributed by atoms with Crippen molar-refractivity contribution in [3.63, 3.8) is 0 Å². The van der Waals surface area contributed by atoms with Gasteiger partial charge >= 0.3 is 6.09 Å². The maximum atomic E-state index is 13.7. The van der Waals surface area contributed by atoms with Crippen LogP contribution in [0.3, 0.4) is 0 Å². The van der Waals surface area contributed by atoms with E-state index in [1.807, 2.05) is 36.2 Å². The van der Waals surface area contributed by atoms with Gasteiger partial charge in [0.05, 0.1) is 35.9 Å². The third-order valence-electron chi connectivity index (χ3n) is 10.1. The highest BCUT2D eigenvalue weighted by Gasteiger charge is 2.37. The fourth-order valence-corrected chi connectivity index (χ4v) is 7.34. The lowest BCUT2D eigenvalue weighted by molar-refractivity contribution is -0.134. The van der Waals surface area contributed by atoms with Crippen LogP contribution in [-0.2, 0) is 9.59 Å². The van der Waals surface area contributed by atoms with E-state index in [0.29, 0.717) is 24.4 Å². The average Bonchev–Trinajstić information content (AvgIpc) is 3.99. The second-order valence-electron chi connectivity index (χ2n) is 13.8. The molecular weight excluding hydrogens is 656 g/mol. The molecule has 2 fully saturated rings. The van der Waals surface area contributed by atoms with Crippen molar-refractivity contribution in [2.45, 2.75) is 50.2 Å². The predicted octanol–water partition coefficient (Wildman–Crippen LogP) is 6.42. The Hall–Kier alpha value is -5.75. The number of aromatic amines is 2. The number of carbonyl (C=O) groups is 3. The Kier molecular flexibility index (Phi) is 10.2. The molecule has 12 nitrogen and oxygen atoms in total.